The molecule has 0 aliphatic carbocycles. The van der Waals surface area contributed by atoms with E-state index in [0.717, 1.165) is 23.9 Å². The van der Waals surface area contributed by atoms with Gasteiger partial charge in [0.2, 0.25) is 0 Å². The largest absolute Gasteiger partial charge is 0.372 e. The second-order valence-electron chi connectivity index (χ2n) is 5.47. The van der Waals surface area contributed by atoms with Crippen molar-refractivity contribution < 1.29 is 4.74 Å². The molecule has 3 heteroatoms. The van der Waals surface area contributed by atoms with Crippen LogP contribution in [0, 0.1) is 0 Å². The number of nitrogens with one attached hydrogen (secondary N) is 1. The zero-order chi connectivity index (χ0) is 14.7. The minimum absolute atomic E-state index is 0.124. The third-order valence-electron chi connectivity index (χ3n) is 4.11. The third kappa shape index (κ3) is 3.37. The molecule has 2 unspecified atom stereocenters. The maximum absolute atomic E-state index is 6.09. The van der Waals surface area contributed by atoms with Crippen LogP contribution in [-0.2, 0) is 17.6 Å². The van der Waals surface area contributed by atoms with Crippen LogP contribution in [0.1, 0.15) is 22.8 Å². The van der Waals surface area contributed by atoms with E-state index in [-0.39, 0.29) is 12.1 Å². The van der Waals surface area contributed by atoms with Crippen molar-refractivity contribution >= 4 is 15.9 Å². The van der Waals surface area contributed by atoms with Gasteiger partial charge in [0.05, 0.1) is 12.7 Å². The van der Waals surface area contributed by atoms with Gasteiger partial charge in [-0.25, -0.2) is 0 Å². The van der Waals surface area contributed by atoms with Gasteiger partial charge >= 0.3 is 0 Å². The summed E-state index contributed by atoms with van der Waals surface area (Å²) in [6.07, 6.45) is 2.09. The summed E-state index contributed by atoms with van der Waals surface area (Å²) in [4.78, 5) is 0. The molecule has 110 valence electrons. The molecule has 2 aromatic rings. The lowest BCUT2D eigenvalue weighted by Crippen LogP contribution is -2.38. The minimum atomic E-state index is 0.124. The fourth-order valence-corrected chi connectivity index (χ4v) is 3.48. The number of ether oxygens (including phenoxy) is 1. The van der Waals surface area contributed by atoms with E-state index in [1.807, 2.05) is 7.05 Å². The summed E-state index contributed by atoms with van der Waals surface area (Å²) in [6.45, 7) is 0.804. The molecule has 2 aromatic carbocycles. The highest BCUT2D eigenvalue weighted by Crippen LogP contribution is 2.31. The van der Waals surface area contributed by atoms with Gasteiger partial charge in [0.1, 0.15) is 0 Å². The lowest BCUT2D eigenvalue weighted by atomic mass is 9.90. The monoisotopic (exact) mass is 345 g/mol. The first kappa shape index (κ1) is 14.8. The topological polar surface area (TPSA) is 21.3 Å². The highest BCUT2D eigenvalue weighted by molar-refractivity contribution is 9.10. The van der Waals surface area contributed by atoms with Crippen LogP contribution in [-0.4, -0.2) is 19.7 Å². The van der Waals surface area contributed by atoms with Crippen molar-refractivity contribution in [3.05, 3.63) is 69.7 Å². The molecular weight excluding hydrogens is 326 g/mol. The van der Waals surface area contributed by atoms with Crippen molar-refractivity contribution in [1.82, 2.24) is 5.32 Å². The van der Waals surface area contributed by atoms with Crippen LogP contribution in [0.3, 0.4) is 0 Å². The molecule has 1 heterocycles. The van der Waals surface area contributed by atoms with E-state index < -0.39 is 0 Å². The average molecular weight is 346 g/mol. The summed E-state index contributed by atoms with van der Waals surface area (Å²) < 4.78 is 7.21. The number of rotatable bonds is 4. The molecule has 0 radical (unpaired) electrons. The second kappa shape index (κ2) is 6.73. The third-order valence-corrected chi connectivity index (χ3v) is 4.60. The van der Waals surface area contributed by atoms with Crippen LogP contribution in [0.2, 0.25) is 0 Å². The first-order valence-corrected chi connectivity index (χ1v) is 8.18. The normalized spacial score (nSPS) is 19.0. The van der Waals surface area contributed by atoms with Crippen molar-refractivity contribution in [1.29, 1.82) is 0 Å². The maximum atomic E-state index is 6.09. The standard InChI is InChI=1S/C18H20BrNO/c1-20-17(12-13-5-4-7-15(19)11-13)18-16-8-3-2-6-14(16)9-10-21-18/h2-8,11,17-18,20H,9-10,12H2,1H3. The van der Waals surface area contributed by atoms with Gasteiger partial charge in [-0.2, -0.15) is 0 Å². The molecule has 0 bridgehead atoms. The number of likely N-dealkylation sites (N-methyl/N-ethyl adjacent to an activating group) is 1. The molecule has 1 N–H and O–H groups in total. The van der Waals surface area contributed by atoms with E-state index >= 15 is 0 Å². The van der Waals surface area contributed by atoms with Gasteiger partial charge in [-0.15, -0.1) is 0 Å². The molecule has 2 atom stereocenters. The Morgan fingerprint density at radius 2 is 2.10 bits per heavy atom. The van der Waals surface area contributed by atoms with Gasteiger partial charge < -0.3 is 10.1 Å². The van der Waals surface area contributed by atoms with Gasteiger partial charge in [-0.3, -0.25) is 0 Å². The molecule has 0 saturated heterocycles. The zero-order valence-electron chi connectivity index (χ0n) is 12.2. The van der Waals surface area contributed by atoms with Crippen LogP contribution < -0.4 is 5.32 Å². The average Bonchev–Trinajstić information content (AvgIpc) is 2.52. The van der Waals surface area contributed by atoms with E-state index in [4.69, 9.17) is 4.74 Å². The smallest absolute Gasteiger partial charge is 0.0983 e. The maximum Gasteiger partial charge on any atom is 0.0983 e. The van der Waals surface area contributed by atoms with Crippen LogP contribution >= 0.6 is 15.9 Å². The Balaban J connectivity index is 1.84. The van der Waals surface area contributed by atoms with E-state index in [1.54, 1.807) is 0 Å². The lowest BCUT2D eigenvalue weighted by molar-refractivity contribution is 0.0172. The minimum Gasteiger partial charge on any atom is -0.372 e. The number of hydrogen-bond acceptors (Lipinski definition) is 2. The summed E-state index contributed by atoms with van der Waals surface area (Å²) in [5.41, 5.74) is 4.07. The number of fused-ring (bicyclic) bond motifs is 1. The zero-order valence-corrected chi connectivity index (χ0v) is 13.8. The van der Waals surface area contributed by atoms with Crippen LogP contribution in [0.4, 0.5) is 0 Å². The van der Waals surface area contributed by atoms with Crippen molar-refractivity contribution in [2.45, 2.75) is 25.0 Å². The fourth-order valence-electron chi connectivity index (χ4n) is 3.04. The molecule has 0 fully saturated rings. The highest BCUT2D eigenvalue weighted by Gasteiger charge is 2.27. The van der Waals surface area contributed by atoms with Crippen molar-refractivity contribution in [2.24, 2.45) is 0 Å². The molecule has 0 saturated carbocycles. The molecule has 1 aliphatic rings. The first-order valence-electron chi connectivity index (χ1n) is 7.39. The SMILES string of the molecule is CNC(Cc1cccc(Br)c1)C1OCCc2ccccc21. The highest BCUT2D eigenvalue weighted by atomic mass is 79.9. The molecule has 21 heavy (non-hydrogen) atoms. The van der Waals surface area contributed by atoms with Crippen molar-refractivity contribution in [2.75, 3.05) is 13.7 Å². The predicted molar refractivity (Wildman–Crippen MR) is 89.5 cm³/mol. The van der Waals surface area contributed by atoms with Gasteiger partial charge in [0.15, 0.2) is 0 Å². The number of halogens is 1. The van der Waals surface area contributed by atoms with Gasteiger partial charge in [-0.1, -0.05) is 52.3 Å². The first-order chi connectivity index (χ1) is 10.3. The van der Waals surface area contributed by atoms with Crippen LogP contribution in [0.5, 0.6) is 0 Å². The quantitative estimate of drug-likeness (QED) is 0.907. The molecule has 0 amide bonds. The van der Waals surface area contributed by atoms with Crippen LogP contribution in [0.25, 0.3) is 0 Å². The molecular formula is C18H20BrNO. The summed E-state index contributed by atoms with van der Waals surface area (Å²) in [6, 6.07) is 17.4. The Morgan fingerprint density at radius 3 is 2.90 bits per heavy atom. The fraction of sp³-hybridized carbons (Fsp3) is 0.333. The lowest BCUT2D eigenvalue weighted by Gasteiger charge is -2.32. The second-order valence-corrected chi connectivity index (χ2v) is 6.39. The molecule has 0 spiro atoms. The molecule has 2 nitrogen and oxygen atoms in total. The summed E-state index contributed by atoms with van der Waals surface area (Å²) in [5, 5.41) is 3.44. The molecule has 0 aromatic heterocycles. The Morgan fingerprint density at radius 1 is 1.24 bits per heavy atom. The van der Waals surface area contributed by atoms with Gasteiger partial charge in [0.25, 0.3) is 0 Å². The van der Waals surface area contributed by atoms with E-state index in [0.29, 0.717) is 0 Å². The summed E-state index contributed by atoms with van der Waals surface area (Å²) in [7, 11) is 2.02. The van der Waals surface area contributed by atoms with E-state index in [9.17, 15) is 0 Å². The molecule has 1 aliphatic heterocycles. The number of benzene rings is 2. The van der Waals surface area contributed by atoms with E-state index in [2.05, 4.69) is 69.8 Å². The Labute approximate surface area is 134 Å². The molecule has 3 rings (SSSR count). The summed E-state index contributed by atoms with van der Waals surface area (Å²) >= 11 is 3.54. The number of hydrogen-bond donors (Lipinski definition) is 1. The van der Waals surface area contributed by atoms with Crippen molar-refractivity contribution in [3.63, 3.8) is 0 Å². The predicted octanol–water partition coefficient (Wildman–Crippen LogP) is 3.89. The van der Waals surface area contributed by atoms with Gasteiger partial charge in [0, 0.05) is 10.5 Å². The van der Waals surface area contributed by atoms with Crippen molar-refractivity contribution in [3.8, 4) is 0 Å². The summed E-state index contributed by atoms with van der Waals surface area (Å²) in [5.74, 6) is 0. The van der Waals surface area contributed by atoms with E-state index in [1.165, 1.54) is 16.7 Å². The Hall–Kier alpha value is -1.16. The van der Waals surface area contributed by atoms with Gasteiger partial charge in [-0.05, 0) is 48.7 Å². The van der Waals surface area contributed by atoms with Crippen LogP contribution in [0.15, 0.2) is 53.0 Å². The Bertz CT molecular complexity index is 614. The Kier molecular flexibility index (Phi) is 4.73.